The summed E-state index contributed by atoms with van der Waals surface area (Å²) in [5.74, 6) is 0.761. The van der Waals surface area contributed by atoms with E-state index in [1.165, 1.54) is 0 Å². The van der Waals surface area contributed by atoms with Crippen LogP contribution in [0.5, 0.6) is 0 Å². The van der Waals surface area contributed by atoms with Crippen LogP contribution in [0.3, 0.4) is 0 Å². The fraction of sp³-hybridized carbons (Fsp3) is 0.120. The van der Waals surface area contributed by atoms with Gasteiger partial charge in [-0.05, 0) is 35.9 Å². The number of aromatic nitrogens is 4. The summed E-state index contributed by atoms with van der Waals surface area (Å²) in [5, 5.41) is 9.86. The van der Waals surface area contributed by atoms with Crippen LogP contribution in [0.4, 0.5) is 11.5 Å². The van der Waals surface area contributed by atoms with E-state index in [2.05, 4.69) is 14.9 Å². The Morgan fingerprint density at radius 2 is 1.97 bits per heavy atom. The quantitative estimate of drug-likeness (QED) is 0.300. The Balaban J connectivity index is 1.36. The van der Waals surface area contributed by atoms with E-state index in [1.807, 2.05) is 30.3 Å². The lowest BCUT2D eigenvalue weighted by Crippen LogP contribution is -2.56. The van der Waals surface area contributed by atoms with Gasteiger partial charge in [-0.25, -0.2) is 9.97 Å². The number of hydrogen-bond donors (Lipinski definition) is 4. The molecule has 1 aliphatic rings. The topological polar surface area (TPSA) is 147 Å². The number of anilines is 2. The molecule has 9 heteroatoms. The van der Waals surface area contributed by atoms with E-state index < -0.39 is 0 Å². The standard InChI is InChI=1S/C25H22N8O/c26-15-11-33(12-15)23-10-29-9-22(31-23)20-5-4-18(27)25(32-20)24(28)21-8-17-16(14-6-7-34-13-14)2-1-3-19(17)30-21/h1-10,13,15,28,30H,11-12,26-27H2. The van der Waals surface area contributed by atoms with E-state index in [-0.39, 0.29) is 11.8 Å². The van der Waals surface area contributed by atoms with Gasteiger partial charge in [0, 0.05) is 35.6 Å². The van der Waals surface area contributed by atoms with Crippen LogP contribution in [0.25, 0.3) is 33.4 Å². The van der Waals surface area contributed by atoms with Gasteiger partial charge in [0.05, 0.1) is 42.0 Å². The van der Waals surface area contributed by atoms with Gasteiger partial charge in [-0.1, -0.05) is 12.1 Å². The second-order valence-electron chi connectivity index (χ2n) is 8.40. The van der Waals surface area contributed by atoms with Crippen molar-refractivity contribution >= 4 is 28.1 Å². The third-order valence-electron chi connectivity index (χ3n) is 6.05. The number of benzene rings is 1. The van der Waals surface area contributed by atoms with Gasteiger partial charge in [0.1, 0.15) is 22.9 Å². The number of rotatable bonds is 5. The molecule has 5 aromatic rings. The molecule has 0 spiro atoms. The third kappa shape index (κ3) is 3.39. The number of furan rings is 1. The van der Waals surface area contributed by atoms with Crippen molar-refractivity contribution in [1.82, 2.24) is 19.9 Å². The molecule has 6 N–H and O–H groups in total. The lowest BCUT2D eigenvalue weighted by Gasteiger charge is -2.37. The number of nitrogens with two attached hydrogens (primary N) is 2. The lowest BCUT2D eigenvalue weighted by molar-refractivity contribution is 0.514. The van der Waals surface area contributed by atoms with Crippen molar-refractivity contribution in [1.29, 1.82) is 5.41 Å². The summed E-state index contributed by atoms with van der Waals surface area (Å²) in [6.07, 6.45) is 6.74. The molecule has 0 saturated carbocycles. The minimum absolute atomic E-state index is 0.164. The van der Waals surface area contributed by atoms with Crippen molar-refractivity contribution in [3.05, 3.63) is 78.8 Å². The molecule has 0 atom stereocenters. The van der Waals surface area contributed by atoms with Crippen molar-refractivity contribution in [3.8, 4) is 22.5 Å². The van der Waals surface area contributed by atoms with Gasteiger partial charge in [0.2, 0.25) is 0 Å². The van der Waals surface area contributed by atoms with Crippen LogP contribution in [-0.2, 0) is 0 Å². The first-order chi connectivity index (χ1) is 16.6. The predicted octanol–water partition coefficient (Wildman–Crippen LogP) is 3.43. The summed E-state index contributed by atoms with van der Waals surface area (Å²) < 4.78 is 5.25. The Kier molecular flexibility index (Phi) is 4.63. The van der Waals surface area contributed by atoms with Crippen molar-refractivity contribution < 1.29 is 4.42 Å². The molecule has 168 valence electrons. The Morgan fingerprint density at radius 1 is 1.09 bits per heavy atom. The third-order valence-corrected chi connectivity index (χ3v) is 6.05. The van der Waals surface area contributed by atoms with Crippen LogP contribution in [0.1, 0.15) is 11.4 Å². The molecule has 9 nitrogen and oxygen atoms in total. The highest BCUT2D eigenvalue weighted by atomic mass is 16.3. The minimum Gasteiger partial charge on any atom is -0.472 e. The van der Waals surface area contributed by atoms with Gasteiger partial charge in [-0.2, -0.15) is 0 Å². The average molecular weight is 451 g/mol. The average Bonchev–Trinajstić information content (AvgIpc) is 3.52. The van der Waals surface area contributed by atoms with E-state index in [0.29, 0.717) is 28.5 Å². The predicted molar refractivity (Wildman–Crippen MR) is 132 cm³/mol. The lowest BCUT2D eigenvalue weighted by atomic mass is 10.0. The first kappa shape index (κ1) is 20.1. The number of nitrogens with zero attached hydrogens (tertiary/aromatic N) is 4. The van der Waals surface area contributed by atoms with Gasteiger partial charge in [-0.15, -0.1) is 0 Å². The molecule has 1 aromatic carbocycles. The SMILES string of the molecule is N=C(c1cc2c(-c3ccoc3)cccc2[nH]1)c1nc(-c2cncc(N3CC(N)C3)n2)ccc1N. The van der Waals surface area contributed by atoms with E-state index in [9.17, 15) is 0 Å². The maximum absolute atomic E-state index is 8.87. The van der Waals surface area contributed by atoms with Crippen molar-refractivity contribution in [2.24, 2.45) is 5.73 Å². The van der Waals surface area contributed by atoms with Crippen molar-refractivity contribution in [2.75, 3.05) is 23.7 Å². The summed E-state index contributed by atoms with van der Waals surface area (Å²) in [5.41, 5.74) is 17.9. The van der Waals surface area contributed by atoms with Gasteiger partial charge in [0.15, 0.2) is 0 Å². The molecule has 1 saturated heterocycles. The largest absolute Gasteiger partial charge is 0.472 e. The molecule has 0 unspecified atom stereocenters. The highest BCUT2D eigenvalue weighted by Crippen LogP contribution is 2.31. The molecule has 0 amide bonds. The molecule has 4 aromatic heterocycles. The van der Waals surface area contributed by atoms with Crippen molar-refractivity contribution in [3.63, 3.8) is 0 Å². The maximum atomic E-state index is 8.87. The first-order valence-electron chi connectivity index (χ1n) is 10.9. The maximum Gasteiger partial charge on any atom is 0.147 e. The number of fused-ring (bicyclic) bond motifs is 1. The fourth-order valence-electron chi connectivity index (χ4n) is 4.23. The van der Waals surface area contributed by atoms with E-state index in [4.69, 9.17) is 31.3 Å². The molecular weight excluding hydrogens is 428 g/mol. The van der Waals surface area contributed by atoms with Crippen LogP contribution in [0.15, 0.2) is 71.8 Å². The zero-order chi connectivity index (χ0) is 23.2. The summed E-state index contributed by atoms with van der Waals surface area (Å²) in [6.45, 7) is 1.51. The molecule has 1 aliphatic heterocycles. The van der Waals surface area contributed by atoms with Gasteiger partial charge >= 0.3 is 0 Å². The molecular formula is C25H22N8O. The number of hydrogen-bond acceptors (Lipinski definition) is 8. The Labute approximate surface area is 195 Å². The van der Waals surface area contributed by atoms with Gasteiger partial charge in [0.25, 0.3) is 0 Å². The zero-order valence-corrected chi connectivity index (χ0v) is 18.2. The monoisotopic (exact) mass is 450 g/mol. The first-order valence-corrected chi connectivity index (χ1v) is 10.9. The highest BCUT2D eigenvalue weighted by molar-refractivity contribution is 6.14. The number of aromatic amines is 1. The van der Waals surface area contributed by atoms with Crippen LogP contribution in [-0.4, -0.2) is 44.8 Å². The molecule has 1 fully saturated rings. The molecule has 34 heavy (non-hydrogen) atoms. The molecule has 5 heterocycles. The fourth-order valence-corrected chi connectivity index (χ4v) is 4.23. The highest BCUT2D eigenvalue weighted by Gasteiger charge is 2.25. The summed E-state index contributed by atoms with van der Waals surface area (Å²) in [7, 11) is 0. The van der Waals surface area contributed by atoms with E-state index >= 15 is 0 Å². The minimum atomic E-state index is 0.164. The molecule has 0 radical (unpaired) electrons. The number of nitrogens with one attached hydrogen (secondary N) is 2. The molecule has 6 rings (SSSR count). The Bertz CT molecular complexity index is 1520. The van der Waals surface area contributed by atoms with Crippen LogP contribution in [0.2, 0.25) is 0 Å². The zero-order valence-electron chi connectivity index (χ0n) is 18.2. The number of H-pyrrole nitrogens is 1. The summed E-state index contributed by atoms with van der Waals surface area (Å²) in [4.78, 5) is 19.1. The smallest absolute Gasteiger partial charge is 0.147 e. The van der Waals surface area contributed by atoms with E-state index in [1.54, 1.807) is 37.1 Å². The van der Waals surface area contributed by atoms with Gasteiger partial charge < -0.3 is 25.8 Å². The Morgan fingerprint density at radius 3 is 2.76 bits per heavy atom. The summed E-state index contributed by atoms with van der Waals surface area (Å²) in [6, 6.07) is 13.5. The van der Waals surface area contributed by atoms with Crippen LogP contribution < -0.4 is 16.4 Å². The second kappa shape index (κ2) is 7.82. The normalized spacial score (nSPS) is 13.9. The van der Waals surface area contributed by atoms with E-state index in [0.717, 1.165) is 40.9 Å². The Hall–Kier alpha value is -4.50. The number of pyridine rings is 1. The van der Waals surface area contributed by atoms with Crippen LogP contribution in [0, 0.1) is 5.41 Å². The summed E-state index contributed by atoms with van der Waals surface area (Å²) >= 11 is 0. The second-order valence-corrected chi connectivity index (χ2v) is 8.40. The number of nitrogen functional groups attached to an aromatic ring is 1. The van der Waals surface area contributed by atoms with Gasteiger partial charge in [-0.3, -0.25) is 10.4 Å². The van der Waals surface area contributed by atoms with Crippen molar-refractivity contribution in [2.45, 2.75) is 6.04 Å². The van der Waals surface area contributed by atoms with Crippen LogP contribution >= 0.6 is 0 Å². The molecule has 0 bridgehead atoms. The molecule has 0 aliphatic carbocycles.